The molecule has 1 aliphatic heterocycles. The van der Waals surface area contributed by atoms with Crippen LogP contribution < -0.4 is 5.32 Å². The summed E-state index contributed by atoms with van der Waals surface area (Å²) in [7, 11) is 4.23. The van der Waals surface area contributed by atoms with Gasteiger partial charge in [0.1, 0.15) is 0 Å². The molecule has 2 unspecified atom stereocenters. The molecule has 3 nitrogen and oxygen atoms in total. The molecule has 1 aromatic heterocycles. The van der Waals surface area contributed by atoms with Crippen LogP contribution in [0, 0.1) is 5.92 Å². The van der Waals surface area contributed by atoms with E-state index in [0.29, 0.717) is 5.92 Å². The Morgan fingerprint density at radius 3 is 3.06 bits per heavy atom. The summed E-state index contributed by atoms with van der Waals surface area (Å²) in [6.45, 7) is 5.76. The molecule has 0 aromatic carbocycles. The van der Waals surface area contributed by atoms with Crippen LogP contribution in [0.4, 0.5) is 0 Å². The Bertz CT molecular complexity index is 364. The molecule has 0 bridgehead atoms. The highest BCUT2D eigenvalue weighted by Gasteiger charge is 2.23. The van der Waals surface area contributed by atoms with Crippen molar-refractivity contribution in [1.82, 2.24) is 15.2 Å². The minimum Gasteiger partial charge on any atom is -0.319 e. The van der Waals surface area contributed by atoms with Crippen molar-refractivity contribution in [3.8, 4) is 0 Å². The topological polar surface area (TPSA) is 28.2 Å². The molecule has 4 heteroatoms. The lowest BCUT2D eigenvalue weighted by Gasteiger charge is -2.12. The molecule has 0 aliphatic carbocycles. The third kappa shape index (κ3) is 3.53. The summed E-state index contributed by atoms with van der Waals surface area (Å²) >= 11 is 1.85. The standard InChI is InChI=1S/C14H25N3S/c1-4-11(8-15-2)7-14-16-13(10-18-14)12-5-6-17(3)9-12/h10-12,15H,4-9H2,1-3H3. The van der Waals surface area contributed by atoms with Gasteiger partial charge in [0.25, 0.3) is 0 Å². The van der Waals surface area contributed by atoms with Crippen LogP contribution in [-0.2, 0) is 6.42 Å². The first kappa shape index (κ1) is 14.0. The fourth-order valence-electron chi connectivity index (χ4n) is 2.68. The van der Waals surface area contributed by atoms with Gasteiger partial charge in [-0.3, -0.25) is 0 Å². The SMILES string of the molecule is CCC(CNC)Cc1nc(C2CCN(C)C2)cs1. The van der Waals surface area contributed by atoms with Crippen molar-refractivity contribution in [3.05, 3.63) is 16.1 Å². The predicted octanol–water partition coefficient (Wildman–Crippen LogP) is 2.35. The molecule has 1 N–H and O–H groups in total. The van der Waals surface area contributed by atoms with Crippen molar-refractivity contribution in [2.24, 2.45) is 5.92 Å². The fraction of sp³-hybridized carbons (Fsp3) is 0.786. The summed E-state index contributed by atoms with van der Waals surface area (Å²) < 4.78 is 0. The average Bonchev–Trinajstić information content (AvgIpc) is 2.97. The Balaban J connectivity index is 1.93. The van der Waals surface area contributed by atoms with Gasteiger partial charge in [-0.05, 0) is 39.5 Å². The van der Waals surface area contributed by atoms with Gasteiger partial charge in [-0.25, -0.2) is 4.98 Å². The molecule has 102 valence electrons. The molecule has 0 saturated carbocycles. The molecule has 1 aromatic rings. The highest BCUT2D eigenvalue weighted by Crippen LogP contribution is 2.28. The van der Waals surface area contributed by atoms with Crippen LogP contribution in [0.5, 0.6) is 0 Å². The Morgan fingerprint density at radius 2 is 2.44 bits per heavy atom. The van der Waals surface area contributed by atoms with Crippen LogP contribution in [0.15, 0.2) is 5.38 Å². The van der Waals surface area contributed by atoms with Crippen LogP contribution in [-0.4, -0.2) is 43.6 Å². The van der Waals surface area contributed by atoms with Crippen molar-refractivity contribution >= 4 is 11.3 Å². The van der Waals surface area contributed by atoms with Gasteiger partial charge in [0.2, 0.25) is 0 Å². The zero-order valence-corrected chi connectivity index (χ0v) is 12.6. The number of thiazole rings is 1. The van der Waals surface area contributed by atoms with Crippen LogP contribution >= 0.6 is 11.3 Å². The quantitative estimate of drug-likeness (QED) is 0.857. The molecular weight excluding hydrogens is 242 g/mol. The zero-order valence-electron chi connectivity index (χ0n) is 11.8. The van der Waals surface area contributed by atoms with Crippen molar-refractivity contribution in [3.63, 3.8) is 0 Å². The summed E-state index contributed by atoms with van der Waals surface area (Å²) in [5.41, 5.74) is 1.33. The van der Waals surface area contributed by atoms with E-state index >= 15 is 0 Å². The van der Waals surface area contributed by atoms with E-state index in [-0.39, 0.29) is 0 Å². The fourth-order valence-corrected chi connectivity index (χ4v) is 3.67. The molecular formula is C14H25N3S. The Hall–Kier alpha value is -0.450. The number of rotatable bonds is 6. The lowest BCUT2D eigenvalue weighted by molar-refractivity contribution is 0.410. The van der Waals surface area contributed by atoms with Crippen molar-refractivity contribution in [2.75, 3.05) is 33.7 Å². The van der Waals surface area contributed by atoms with E-state index in [9.17, 15) is 0 Å². The molecule has 1 saturated heterocycles. The maximum Gasteiger partial charge on any atom is 0.0931 e. The van der Waals surface area contributed by atoms with Gasteiger partial charge in [0.05, 0.1) is 10.7 Å². The Kier molecular flexibility index (Phi) is 5.15. The molecule has 2 rings (SSSR count). The van der Waals surface area contributed by atoms with Gasteiger partial charge in [0, 0.05) is 24.3 Å². The van der Waals surface area contributed by atoms with Crippen molar-refractivity contribution < 1.29 is 0 Å². The van der Waals surface area contributed by atoms with Crippen LogP contribution in [0.25, 0.3) is 0 Å². The van der Waals surface area contributed by atoms with E-state index in [0.717, 1.165) is 18.9 Å². The van der Waals surface area contributed by atoms with Crippen molar-refractivity contribution in [2.45, 2.75) is 32.1 Å². The molecule has 2 atom stereocenters. The molecule has 18 heavy (non-hydrogen) atoms. The summed E-state index contributed by atoms with van der Waals surface area (Å²) in [6, 6.07) is 0. The van der Waals surface area contributed by atoms with Crippen LogP contribution in [0.2, 0.25) is 0 Å². The van der Waals surface area contributed by atoms with E-state index in [4.69, 9.17) is 4.98 Å². The molecule has 1 aliphatic rings. The average molecular weight is 267 g/mol. The minimum atomic E-state index is 0.671. The molecule has 0 amide bonds. The second-order valence-corrected chi connectivity index (χ2v) is 6.39. The monoisotopic (exact) mass is 267 g/mol. The zero-order chi connectivity index (χ0) is 13.0. The lowest BCUT2D eigenvalue weighted by atomic mass is 10.0. The van der Waals surface area contributed by atoms with Gasteiger partial charge < -0.3 is 10.2 Å². The maximum atomic E-state index is 4.86. The number of nitrogens with zero attached hydrogens (tertiary/aromatic N) is 2. The second kappa shape index (κ2) is 6.64. The van der Waals surface area contributed by atoms with E-state index in [2.05, 4.69) is 29.6 Å². The van der Waals surface area contributed by atoms with Crippen molar-refractivity contribution in [1.29, 1.82) is 0 Å². The van der Waals surface area contributed by atoms with Crippen LogP contribution in [0.3, 0.4) is 0 Å². The number of nitrogens with one attached hydrogen (secondary N) is 1. The normalized spacial score (nSPS) is 22.5. The first-order valence-corrected chi connectivity index (χ1v) is 7.88. The number of hydrogen-bond acceptors (Lipinski definition) is 4. The highest BCUT2D eigenvalue weighted by molar-refractivity contribution is 7.09. The number of likely N-dealkylation sites (N-methyl/N-ethyl adjacent to an activating group) is 1. The molecule has 2 heterocycles. The number of aromatic nitrogens is 1. The maximum absolute atomic E-state index is 4.86. The summed E-state index contributed by atoms with van der Waals surface area (Å²) in [4.78, 5) is 7.26. The van der Waals surface area contributed by atoms with Gasteiger partial charge in [0.15, 0.2) is 0 Å². The largest absolute Gasteiger partial charge is 0.319 e. The summed E-state index contributed by atoms with van der Waals surface area (Å²) in [6.07, 6.45) is 3.62. The second-order valence-electron chi connectivity index (χ2n) is 5.45. The number of hydrogen-bond donors (Lipinski definition) is 1. The third-order valence-electron chi connectivity index (χ3n) is 3.91. The minimum absolute atomic E-state index is 0.671. The Morgan fingerprint density at radius 1 is 1.61 bits per heavy atom. The third-order valence-corrected chi connectivity index (χ3v) is 4.80. The Labute approximate surface area is 115 Å². The van der Waals surface area contributed by atoms with E-state index in [1.165, 1.54) is 36.6 Å². The van der Waals surface area contributed by atoms with Gasteiger partial charge in [-0.15, -0.1) is 11.3 Å². The van der Waals surface area contributed by atoms with Gasteiger partial charge >= 0.3 is 0 Å². The first-order valence-electron chi connectivity index (χ1n) is 7.00. The molecule has 0 radical (unpaired) electrons. The lowest BCUT2D eigenvalue weighted by Crippen LogP contribution is -2.20. The van der Waals surface area contributed by atoms with Gasteiger partial charge in [-0.1, -0.05) is 13.3 Å². The number of likely N-dealkylation sites (tertiary alicyclic amines) is 1. The van der Waals surface area contributed by atoms with E-state index in [1.807, 2.05) is 18.4 Å². The molecule has 0 spiro atoms. The van der Waals surface area contributed by atoms with E-state index < -0.39 is 0 Å². The molecule has 1 fully saturated rings. The highest BCUT2D eigenvalue weighted by atomic mass is 32.1. The smallest absolute Gasteiger partial charge is 0.0931 e. The van der Waals surface area contributed by atoms with E-state index in [1.54, 1.807) is 0 Å². The summed E-state index contributed by atoms with van der Waals surface area (Å²) in [5.74, 6) is 1.39. The summed E-state index contributed by atoms with van der Waals surface area (Å²) in [5, 5.41) is 6.88. The predicted molar refractivity (Wildman–Crippen MR) is 78.4 cm³/mol. The first-order chi connectivity index (χ1) is 8.72. The van der Waals surface area contributed by atoms with Crippen LogP contribution in [0.1, 0.15) is 36.4 Å². The van der Waals surface area contributed by atoms with Gasteiger partial charge in [-0.2, -0.15) is 0 Å².